The summed E-state index contributed by atoms with van der Waals surface area (Å²) in [7, 11) is 0. The summed E-state index contributed by atoms with van der Waals surface area (Å²) in [5, 5.41) is 4.43. The lowest BCUT2D eigenvalue weighted by Gasteiger charge is -2.01. The molecule has 0 fully saturated rings. The van der Waals surface area contributed by atoms with Crippen LogP contribution in [0.4, 0.5) is 10.1 Å². The number of nitrogens with zero attached hydrogens (tertiary/aromatic N) is 2. The molecule has 0 atom stereocenters. The van der Waals surface area contributed by atoms with Crippen molar-refractivity contribution < 1.29 is 4.39 Å². The second kappa shape index (κ2) is 5.67. The van der Waals surface area contributed by atoms with Crippen molar-refractivity contribution in [2.24, 2.45) is 0 Å². The molecule has 3 rings (SSSR count). The first-order valence-electron chi connectivity index (χ1n) is 6.05. The van der Waals surface area contributed by atoms with E-state index in [1.165, 1.54) is 23.5 Å². The number of anilines is 1. The summed E-state index contributed by atoms with van der Waals surface area (Å²) in [6, 6.07) is 8.00. The largest absolute Gasteiger partial charge is 0.396 e. The Labute approximate surface area is 134 Å². The first-order chi connectivity index (χ1) is 10.0. The van der Waals surface area contributed by atoms with E-state index in [0.717, 1.165) is 11.1 Å². The SMILES string of the molecule is Nc1cn(Cc2ccc(F)cc2)nc1-c1cc(Cl)sc1Cl. The fraction of sp³-hybridized carbons (Fsp3) is 0.0714. The van der Waals surface area contributed by atoms with Crippen LogP contribution in [-0.2, 0) is 6.54 Å². The van der Waals surface area contributed by atoms with Crippen molar-refractivity contribution in [1.82, 2.24) is 9.78 Å². The molecule has 0 spiro atoms. The third-order valence-electron chi connectivity index (χ3n) is 2.96. The second-order valence-corrected chi connectivity index (χ2v) is 6.78. The number of hydrogen-bond donors (Lipinski definition) is 1. The Hall–Kier alpha value is -1.56. The lowest BCUT2D eigenvalue weighted by Crippen LogP contribution is -2.00. The summed E-state index contributed by atoms with van der Waals surface area (Å²) in [4.78, 5) is 0. The average molecular weight is 342 g/mol. The number of thiophene rings is 1. The minimum absolute atomic E-state index is 0.265. The van der Waals surface area contributed by atoms with Gasteiger partial charge in [-0.3, -0.25) is 4.68 Å². The van der Waals surface area contributed by atoms with Crippen molar-refractivity contribution in [3.05, 3.63) is 56.6 Å². The standard InChI is InChI=1S/C14H10Cl2FN3S/c15-12-5-10(14(16)21-12)13-11(18)7-20(19-13)6-8-1-3-9(17)4-2-8/h1-5,7H,6,18H2. The number of benzene rings is 1. The van der Waals surface area contributed by atoms with Gasteiger partial charge in [0.25, 0.3) is 0 Å². The van der Waals surface area contributed by atoms with Crippen LogP contribution < -0.4 is 5.73 Å². The Morgan fingerprint density at radius 2 is 1.95 bits per heavy atom. The number of halogens is 3. The van der Waals surface area contributed by atoms with Crippen molar-refractivity contribution in [3.8, 4) is 11.3 Å². The molecule has 2 N–H and O–H groups in total. The summed E-state index contributed by atoms with van der Waals surface area (Å²) in [6.07, 6.45) is 1.72. The molecule has 0 saturated heterocycles. The van der Waals surface area contributed by atoms with E-state index in [0.29, 0.717) is 26.6 Å². The van der Waals surface area contributed by atoms with Crippen LogP contribution in [0.2, 0.25) is 8.67 Å². The Balaban J connectivity index is 1.91. The van der Waals surface area contributed by atoms with E-state index in [2.05, 4.69) is 5.10 Å². The van der Waals surface area contributed by atoms with Crippen molar-refractivity contribution in [3.63, 3.8) is 0 Å². The Bertz CT molecular complexity index is 780. The van der Waals surface area contributed by atoms with Crippen LogP contribution in [0.1, 0.15) is 5.56 Å². The van der Waals surface area contributed by atoms with Gasteiger partial charge in [0.1, 0.15) is 15.8 Å². The minimum atomic E-state index is -0.265. The number of rotatable bonds is 3. The number of aromatic nitrogens is 2. The molecule has 2 aromatic heterocycles. The maximum Gasteiger partial charge on any atom is 0.123 e. The van der Waals surface area contributed by atoms with Crippen LogP contribution >= 0.6 is 34.5 Å². The molecule has 0 unspecified atom stereocenters. The lowest BCUT2D eigenvalue weighted by molar-refractivity contribution is 0.624. The first-order valence-corrected chi connectivity index (χ1v) is 7.63. The monoisotopic (exact) mass is 341 g/mol. The smallest absolute Gasteiger partial charge is 0.123 e. The molecule has 7 heteroatoms. The number of nitrogen functional groups attached to an aromatic ring is 1. The molecule has 0 radical (unpaired) electrons. The second-order valence-electron chi connectivity index (χ2n) is 4.49. The van der Waals surface area contributed by atoms with E-state index in [4.69, 9.17) is 28.9 Å². The zero-order valence-corrected chi connectivity index (χ0v) is 13.0. The van der Waals surface area contributed by atoms with Crippen LogP contribution in [0.5, 0.6) is 0 Å². The zero-order valence-electron chi connectivity index (χ0n) is 10.7. The highest BCUT2D eigenvalue weighted by atomic mass is 35.5. The number of hydrogen-bond acceptors (Lipinski definition) is 3. The van der Waals surface area contributed by atoms with Gasteiger partial charge in [-0.15, -0.1) is 11.3 Å². The molecule has 0 aliphatic rings. The van der Waals surface area contributed by atoms with Gasteiger partial charge in [0.15, 0.2) is 0 Å². The van der Waals surface area contributed by atoms with Gasteiger partial charge >= 0.3 is 0 Å². The molecule has 0 aliphatic heterocycles. The van der Waals surface area contributed by atoms with Crippen LogP contribution in [-0.4, -0.2) is 9.78 Å². The predicted molar refractivity (Wildman–Crippen MR) is 85.5 cm³/mol. The van der Waals surface area contributed by atoms with Crippen LogP contribution in [0.3, 0.4) is 0 Å². The minimum Gasteiger partial charge on any atom is -0.396 e. The normalized spacial score (nSPS) is 11.0. The van der Waals surface area contributed by atoms with E-state index < -0.39 is 0 Å². The fourth-order valence-corrected chi connectivity index (χ4v) is 3.47. The lowest BCUT2D eigenvalue weighted by atomic mass is 10.2. The van der Waals surface area contributed by atoms with Crippen LogP contribution in [0.15, 0.2) is 36.5 Å². The molecule has 2 heterocycles. The van der Waals surface area contributed by atoms with Gasteiger partial charge in [0, 0.05) is 11.8 Å². The molecule has 108 valence electrons. The van der Waals surface area contributed by atoms with E-state index in [1.807, 2.05) is 0 Å². The topological polar surface area (TPSA) is 43.8 Å². The van der Waals surface area contributed by atoms with Gasteiger partial charge in [0.05, 0.1) is 16.6 Å². The van der Waals surface area contributed by atoms with Gasteiger partial charge in [-0.2, -0.15) is 5.10 Å². The molecule has 21 heavy (non-hydrogen) atoms. The highest BCUT2D eigenvalue weighted by molar-refractivity contribution is 7.20. The highest BCUT2D eigenvalue weighted by Crippen LogP contribution is 2.39. The maximum absolute atomic E-state index is 12.9. The quantitative estimate of drug-likeness (QED) is 0.751. The fourth-order valence-electron chi connectivity index (χ4n) is 2.01. The summed E-state index contributed by atoms with van der Waals surface area (Å²) in [5.41, 5.74) is 8.77. The van der Waals surface area contributed by atoms with Gasteiger partial charge in [0.2, 0.25) is 0 Å². The Morgan fingerprint density at radius 1 is 1.24 bits per heavy atom. The van der Waals surface area contributed by atoms with E-state index >= 15 is 0 Å². The average Bonchev–Trinajstić information content (AvgIpc) is 2.95. The van der Waals surface area contributed by atoms with Crippen LogP contribution in [0.25, 0.3) is 11.3 Å². The summed E-state index contributed by atoms with van der Waals surface area (Å²) in [6.45, 7) is 0.500. The molecule has 0 bridgehead atoms. The summed E-state index contributed by atoms with van der Waals surface area (Å²) >= 11 is 13.3. The number of nitrogens with two attached hydrogens (primary N) is 1. The van der Waals surface area contributed by atoms with Gasteiger partial charge in [-0.05, 0) is 23.8 Å². The summed E-state index contributed by atoms with van der Waals surface area (Å²) < 4.78 is 15.7. The van der Waals surface area contributed by atoms with E-state index in [9.17, 15) is 4.39 Å². The molecular weight excluding hydrogens is 332 g/mol. The maximum atomic E-state index is 12.9. The zero-order chi connectivity index (χ0) is 15.0. The first kappa shape index (κ1) is 14.4. The highest BCUT2D eigenvalue weighted by Gasteiger charge is 2.15. The third-order valence-corrected chi connectivity index (χ3v) is 4.45. The van der Waals surface area contributed by atoms with Gasteiger partial charge in [-0.25, -0.2) is 4.39 Å². The van der Waals surface area contributed by atoms with Crippen molar-refractivity contribution >= 4 is 40.2 Å². The molecule has 0 saturated carbocycles. The molecule has 0 aliphatic carbocycles. The third kappa shape index (κ3) is 3.05. The Kier molecular flexibility index (Phi) is 3.89. The van der Waals surface area contributed by atoms with E-state index in [-0.39, 0.29) is 5.82 Å². The molecule has 0 amide bonds. The van der Waals surface area contributed by atoms with Crippen molar-refractivity contribution in [2.75, 3.05) is 5.73 Å². The van der Waals surface area contributed by atoms with Gasteiger partial charge in [-0.1, -0.05) is 35.3 Å². The molecule has 3 aromatic rings. The Morgan fingerprint density at radius 3 is 2.57 bits per heavy atom. The van der Waals surface area contributed by atoms with Crippen LogP contribution in [0, 0.1) is 5.82 Å². The molecule has 1 aromatic carbocycles. The van der Waals surface area contributed by atoms with Gasteiger partial charge < -0.3 is 5.73 Å². The predicted octanol–water partition coefficient (Wildman–Crippen LogP) is 4.69. The van der Waals surface area contributed by atoms with Crippen molar-refractivity contribution in [2.45, 2.75) is 6.54 Å². The molecular formula is C14H10Cl2FN3S. The van der Waals surface area contributed by atoms with Crippen molar-refractivity contribution in [1.29, 1.82) is 0 Å². The molecule has 3 nitrogen and oxygen atoms in total. The summed E-state index contributed by atoms with van der Waals surface area (Å²) in [5.74, 6) is -0.265. The van der Waals surface area contributed by atoms with E-state index in [1.54, 1.807) is 29.1 Å².